The predicted octanol–water partition coefficient (Wildman–Crippen LogP) is 2.14. The number of rotatable bonds is 3. The van der Waals surface area contributed by atoms with Crippen molar-refractivity contribution in [3.63, 3.8) is 0 Å². The molecule has 1 aliphatic rings. The lowest BCUT2D eigenvalue weighted by Gasteiger charge is -2.27. The Balaban J connectivity index is 2.11. The van der Waals surface area contributed by atoms with Gasteiger partial charge in [0, 0.05) is 6.04 Å². The topological polar surface area (TPSA) is 44.5 Å². The molecule has 0 unspecified atom stereocenters. The van der Waals surface area contributed by atoms with Crippen LogP contribution in [0.25, 0.3) is 0 Å². The van der Waals surface area contributed by atoms with Crippen LogP contribution in [0.3, 0.4) is 0 Å². The van der Waals surface area contributed by atoms with Crippen LogP contribution in [0.4, 0.5) is 0 Å². The summed E-state index contributed by atoms with van der Waals surface area (Å²) in [5, 5.41) is 0.608. The van der Waals surface area contributed by atoms with Gasteiger partial charge in [0.2, 0.25) is 0 Å². The van der Waals surface area contributed by atoms with E-state index in [1.807, 2.05) is 25.1 Å². The molecule has 2 rings (SSSR count). The van der Waals surface area contributed by atoms with Crippen LogP contribution < -0.4 is 10.5 Å². The molecule has 0 aromatic heterocycles. The van der Waals surface area contributed by atoms with E-state index in [9.17, 15) is 0 Å². The first-order valence-corrected chi connectivity index (χ1v) is 5.34. The van der Waals surface area contributed by atoms with Crippen LogP contribution >= 0.6 is 11.6 Å². The molecule has 0 aliphatic carbocycles. The summed E-state index contributed by atoms with van der Waals surface area (Å²) in [5.74, 6) is 0.703. The summed E-state index contributed by atoms with van der Waals surface area (Å²) in [5.41, 5.74) is 6.76. The van der Waals surface area contributed by atoms with Gasteiger partial charge in [-0.25, -0.2) is 0 Å². The minimum Gasteiger partial charge on any atom is -0.484 e. The van der Waals surface area contributed by atoms with Gasteiger partial charge in [-0.05, 0) is 24.6 Å². The van der Waals surface area contributed by atoms with Crippen molar-refractivity contribution < 1.29 is 9.47 Å². The van der Waals surface area contributed by atoms with Crippen molar-refractivity contribution in [2.45, 2.75) is 19.1 Å². The normalized spacial score (nSPS) is 18.3. The summed E-state index contributed by atoms with van der Waals surface area (Å²) < 4.78 is 10.6. The molecule has 1 heterocycles. The van der Waals surface area contributed by atoms with E-state index in [-0.39, 0.29) is 12.1 Å². The van der Waals surface area contributed by atoms with Crippen LogP contribution in [0.2, 0.25) is 5.02 Å². The van der Waals surface area contributed by atoms with Gasteiger partial charge in [0.15, 0.2) is 0 Å². The zero-order chi connectivity index (χ0) is 10.8. The predicted molar refractivity (Wildman–Crippen MR) is 59.3 cm³/mol. The van der Waals surface area contributed by atoms with Gasteiger partial charge in [0.1, 0.15) is 11.9 Å². The maximum atomic E-state index is 6.08. The molecule has 0 bridgehead atoms. The average molecular weight is 228 g/mol. The molecule has 0 amide bonds. The molecular weight excluding hydrogens is 214 g/mol. The van der Waals surface area contributed by atoms with E-state index < -0.39 is 0 Å². The number of hydrogen-bond donors (Lipinski definition) is 1. The van der Waals surface area contributed by atoms with Crippen LogP contribution in [0.5, 0.6) is 5.75 Å². The van der Waals surface area contributed by atoms with Gasteiger partial charge in [0.25, 0.3) is 0 Å². The number of nitrogens with two attached hydrogens (primary N) is 1. The van der Waals surface area contributed by atoms with Gasteiger partial charge in [0.05, 0.1) is 18.2 Å². The Morgan fingerprint density at radius 3 is 2.73 bits per heavy atom. The van der Waals surface area contributed by atoms with Crippen LogP contribution in [-0.4, -0.2) is 19.3 Å². The van der Waals surface area contributed by atoms with Crippen molar-refractivity contribution in [3.8, 4) is 5.75 Å². The fraction of sp³-hybridized carbons (Fsp3) is 0.455. The van der Waals surface area contributed by atoms with Crippen LogP contribution in [0, 0.1) is 0 Å². The third-order valence-electron chi connectivity index (χ3n) is 2.38. The molecule has 2 N–H and O–H groups in total. The molecule has 1 atom stereocenters. The summed E-state index contributed by atoms with van der Waals surface area (Å²) in [7, 11) is 0. The molecule has 0 radical (unpaired) electrons. The Labute approximate surface area is 94.1 Å². The maximum absolute atomic E-state index is 6.08. The molecule has 1 aromatic rings. The van der Waals surface area contributed by atoms with Crippen molar-refractivity contribution in [1.82, 2.24) is 0 Å². The SMILES string of the molecule is C[C@@H](N)c1ccc(OC2COC2)c(Cl)c1. The third-order valence-corrected chi connectivity index (χ3v) is 2.68. The molecule has 0 saturated carbocycles. The van der Waals surface area contributed by atoms with Crippen molar-refractivity contribution in [2.24, 2.45) is 5.73 Å². The van der Waals surface area contributed by atoms with E-state index in [1.54, 1.807) is 0 Å². The fourth-order valence-electron chi connectivity index (χ4n) is 1.36. The van der Waals surface area contributed by atoms with Crippen molar-refractivity contribution in [2.75, 3.05) is 13.2 Å². The number of ether oxygens (including phenoxy) is 2. The van der Waals surface area contributed by atoms with Gasteiger partial charge in [-0.3, -0.25) is 0 Å². The molecule has 15 heavy (non-hydrogen) atoms. The minimum absolute atomic E-state index is 0.0106. The molecule has 1 aliphatic heterocycles. The van der Waals surface area contributed by atoms with Crippen LogP contribution in [-0.2, 0) is 4.74 Å². The van der Waals surface area contributed by atoms with E-state index in [1.165, 1.54) is 0 Å². The zero-order valence-electron chi connectivity index (χ0n) is 8.57. The fourth-order valence-corrected chi connectivity index (χ4v) is 1.59. The second-order valence-electron chi connectivity index (χ2n) is 3.76. The molecule has 3 nitrogen and oxygen atoms in total. The summed E-state index contributed by atoms with van der Waals surface area (Å²) in [6.07, 6.45) is 0.142. The van der Waals surface area contributed by atoms with E-state index in [4.69, 9.17) is 26.8 Å². The Morgan fingerprint density at radius 1 is 1.53 bits per heavy atom. The van der Waals surface area contributed by atoms with E-state index in [2.05, 4.69) is 0 Å². The molecule has 1 saturated heterocycles. The van der Waals surface area contributed by atoms with Crippen molar-refractivity contribution in [1.29, 1.82) is 0 Å². The van der Waals surface area contributed by atoms with Gasteiger partial charge < -0.3 is 15.2 Å². The first kappa shape index (κ1) is 10.7. The molecule has 1 aromatic carbocycles. The van der Waals surface area contributed by atoms with E-state index in [0.29, 0.717) is 24.0 Å². The Hall–Kier alpha value is -0.770. The quantitative estimate of drug-likeness (QED) is 0.861. The second-order valence-corrected chi connectivity index (χ2v) is 4.16. The first-order chi connectivity index (χ1) is 7.16. The molecular formula is C11H14ClNO2. The summed E-state index contributed by atoms with van der Waals surface area (Å²) in [6.45, 7) is 3.21. The first-order valence-electron chi connectivity index (χ1n) is 4.96. The van der Waals surface area contributed by atoms with E-state index in [0.717, 1.165) is 5.56 Å². The highest BCUT2D eigenvalue weighted by Gasteiger charge is 2.21. The largest absolute Gasteiger partial charge is 0.484 e. The van der Waals surface area contributed by atoms with Crippen molar-refractivity contribution >= 4 is 11.6 Å². The van der Waals surface area contributed by atoms with Gasteiger partial charge >= 0.3 is 0 Å². The molecule has 0 spiro atoms. The van der Waals surface area contributed by atoms with Gasteiger partial charge in [-0.2, -0.15) is 0 Å². The number of halogens is 1. The molecule has 4 heteroatoms. The Morgan fingerprint density at radius 2 is 2.27 bits per heavy atom. The number of hydrogen-bond acceptors (Lipinski definition) is 3. The second kappa shape index (κ2) is 4.39. The van der Waals surface area contributed by atoms with Gasteiger partial charge in [-0.1, -0.05) is 17.7 Å². The minimum atomic E-state index is -0.0106. The highest BCUT2D eigenvalue weighted by molar-refractivity contribution is 6.32. The highest BCUT2D eigenvalue weighted by atomic mass is 35.5. The monoisotopic (exact) mass is 227 g/mol. The lowest BCUT2D eigenvalue weighted by atomic mass is 10.1. The maximum Gasteiger partial charge on any atom is 0.145 e. The molecule has 82 valence electrons. The number of benzene rings is 1. The lowest BCUT2D eigenvalue weighted by molar-refractivity contribution is -0.0796. The smallest absolute Gasteiger partial charge is 0.145 e. The third kappa shape index (κ3) is 2.43. The summed E-state index contributed by atoms with van der Waals surface area (Å²) in [6, 6.07) is 5.63. The highest BCUT2D eigenvalue weighted by Crippen LogP contribution is 2.29. The van der Waals surface area contributed by atoms with Gasteiger partial charge in [-0.15, -0.1) is 0 Å². The Bertz CT molecular complexity index is 350. The van der Waals surface area contributed by atoms with E-state index >= 15 is 0 Å². The van der Waals surface area contributed by atoms with Crippen LogP contribution in [0.15, 0.2) is 18.2 Å². The molecule has 1 fully saturated rings. The lowest BCUT2D eigenvalue weighted by Crippen LogP contribution is -2.38. The summed E-state index contributed by atoms with van der Waals surface area (Å²) >= 11 is 6.08. The standard InChI is InChI=1S/C11H14ClNO2/c1-7(13)8-2-3-11(10(12)4-8)15-9-5-14-6-9/h2-4,7,9H,5-6,13H2,1H3/t7-/m1/s1. The summed E-state index contributed by atoms with van der Waals surface area (Å²) in [4.78, 5) is 0. The van der Waals surface area contributed by atoms with Crippen LogP contribution in [0.1, 0.15) is 18.5 Å². The zero-order valence-corrected chi connectivity index (χ0v) is 9.33. The Kier molecular flexibility index (Phi) is 3.14. The average Bonchev–Trinajstić information content (AvgIpc) is 2.12. The van der Waals surface area contributed by atoms with Crippen molar-refractivity contribution in [3.05, 3.63) is 28.8 Å².